The van der Waals surface area contributed by atoms with Crippen LogP contribution in [0.2, 0.25) is 0 Å². The smallest absolute Gasteiger partial charge is 0.236 e. The topological polar surface area (TPSA) is 49.6 Å². The van der Waals surface area contributed by atoms with Gasteiger partial charge in [-0.2, -0.15) is 0 Å². The van der Waals surface area contributed by atoms with Crippen LogP contribution in [-0.2, 0) is 11.3 Å². The number of likely N-dealkylation sites (tertiary alicyclic amines) is 1. The maximum Gasteiger partial charge on any atom is 0.236 e. The van der Waals surface area contributed by atoms with Crippen molar-refractivity contribution in [1.29, 1.82) is 0 Å². The second-order valence-corrected chi connectivity index (χ2v) is 6.09. The van der Waals surface area contributed by atoms with Crippen LogP contribution in [0.25, 0.3) is 0 Å². The van der Waals surface area contributed by atoms with Gasteiger partial charge in [0.05, 0.1) is 6.54 Å². The number of hydrogen-bond acceptors (Lipinski definition) is 3. The number of piperidine rings is 1. The van der Waals surface area contributed by atoms with E-state index in [4.69, 9.17) is 5.73 Å². The fourth-order valence-corrected chi connectivity index (χ4v) is 2.96. The Hall–Kier alpha value is -1.39. The van der Waals surface area contributed by atoms with Crippen LogP contribution in [-0.4, -0.2) is 48.4 Å². The molecule has 2 unspecified atom stereocenters. The van der Waals surface area contributed by atoms with E-state index in [0.717, 1.165) is 25.9 Å². The van der Waals surface area contributed by atoms with Crippen LogP contribution < -0.4 is 5.73 Å². The summed E-state index contributed by atoms with van der Waals surface area (Å²) in [6, 6.07) is 10.4. The van der Waals surface area contributed by atoms with E-state index in [1.165, 1.54) is 5.56 Å². The summed E-state index contributed by atoms with van der Waals surface area (Å²) in [7, 11) is 1.88. The summed E-state index contributed by atoms with van der Waals surface area (Å²) in [6.45, 7) is 5.24. The minimum atomic E-state index is 0.184. The second kappa shape index (κ2) is 7.57. The van der Waals surface area contributed by atoms with E-state index < -0.39 is 0 Å². The summed E-state index contributed by atoms with van der Waals surface area (Å²) in [5.74, 6) is 0.704. The first-order valence-corrected chi connectivity index (χ1v) is 7.86. The number of carbonyl (C=O) groups excluding carboxylic acids is 1. The molecule has 1 aromatic rings. The zero-order chi connectivity index (χ0) is 15.2. The lowest BCUT2D eigenvalue weighted by Gasteiger charge is -2.36. The van der Waals surface area contributed by atoms with Crippen molar-refractivity contribution in [3.8, 4) is 0 Å². The van der Waals surface area contributed by atoms with Gasteiger partial charge in [-0.3, -0.25) is 9.69 Å². The highest BCUT2D eigenvalue weighted by atomic mass is 16.2. The van der Waals surface area contributed by atoms with Crippen molar-refractivity contribution in [2.24, 2.45) is 11.7 Å². The van der Waals surface area contributed by atoms with Crippen LogP contribution in [0.5, 0.6) is 0 Å². The average molecular weight is 289 g/mol. The number of amides is 1. The van der Waals surface area contributed by atoms with E-state index in [-0.39, 0.29) is 5.91 Å². The third kappa shape index (κ3) is 4.55. The van der Waals surface area contributed by atoms with Gasteiger partial charge in [0.2, 0.25) is 5.91 Å². The van der Waals surface area contributed by atoms with Gasteiger partial charge in [0, 0.05) is 32.7 Å². The lowest BCUT2D eigenvalue weighted by molar-refractivity contribution is -0.132. The molecule has 0 spiro atoms. The molecule has 1 amide bonds. The van der Waals surface area contributed by atoms with E-state index >= 15 is 0 Å². The Balaban J connectivity index is 1.83. The number of hydrogen-bond donors (Lipinski definition) is 1. The third-order valence-corrected chi connectivity index (χ3v) is 4.45. The van der Waals surface area contributed by atoms with Crippen molar-refractivity contribution in [3.05, 3.63) is 35.9 Å². The molecule has 1 aromatic carbocycles. The normalized spacial score (nSPS) is 23.0. The molecule has 0 bridgehead atoms. The molecule has 2 rings (SSSR count). The van der Waals surface area contributed by atoms with Gasteiger partial charge in [0.1, 0.15) is 0 Å². The molecule has 1 fully saturated rings. The van der Waals surface area contributed by atoms with Gasteiger partial charge < -0.3 is 10.6 Å². The minimum absolute atomic E-state index is 0.184. The molecule has 4 heteroatoms. The lowest BCUT2D eigenvalue weighted by atomic mass is 9.91. The fourth-order valence-electron chi connectivity index (χ4n) is 2.96. The molecule has 0 saturated carbocycles. The van der Waals surface area contributed by atoms with Gasteiger partial charge in [-0.05, 0) is 17.9 Å². The number of benzene rings is 1. The molecule has 0 aromatic heterocycles. The van der Waals surface area contributed by atoms with Gasteiger partial charge in [0.15, 0.2) is 0 Å². The highest BCUT2D eigenvalue weighted by molar-refractivity contribution is 5.78. The highest BCUT2D eigenvalue weighted by Crippen LogP contribution is 2.18. The maximum absolute atomic E-state index is 12.3. The number of likely N-dealkylation sites (N-methyl/N-ethyl adjacent to an activating group) is 1. The molecular weight excluding hydrogens is 262 g/mol. The molecule has 2 N–H and O–H groups in total. The molecule has 116 valence electrons. The number of nitrogens with two attached hydrogens (primary N) is 1. The molecule has 1 aliphatic heterocycles. The Bertz CT molecular complexity index is 449. The van der Waals surface area contributed by atoms with E-state index in [1.807, 2.05) is 30.1 Å². The standard InChI is InChI=1S/C17H27N3O/c1-3-15-12-20(10-9-16(15)18)13-17(21)19(2)11-14-7-5-4-6-8-14/h4-8,15-16H,3,9-13,18H2,1-2H3. The van der Waals surface area contributed by atoms with E-state index in [1.54, 1.807) is 0 Å². The molecular formula is C17H27N3O. The Morgan fingerprint density at radius 2 is 2.10 bits per heavy atom. The largest absolute Gasteiger partial charge is 0.340 e. The van der Waals surface area contributed by atoms with E-state index in [2.05, 4.69) is 24.0 Å². The van der Waals surface area contributed by atoms with Crippen LogP contribution in [0.3, 0.4) is 0 Å². The summed E-state index contributed by atoms with van der Waals surface area (Å²) in [5, 5.41) is 0. The second-order valence-electron chi connectivity index (χ2n) is 6.09. The van der Waals surface area contributed by atoms with Gasteiger partial charge in [-0.25, -0.2) is 0 Å². The van der Waals surface area contributed by atoms with Crippen molar-refractivity contribution >= 4 is 5.91 Å². The van der Waals surface area contributed by atoms with Crippen molar-refractivity contribution in [3.63, 3.8) is 0 Å². The van der Waals surface area contributed by atoms with Crippen LogP contribution >= 0.6 is 0 Å². The zero-order valence-electron chi connectivity index (χ0n) is 13.2. The van der Waals surface area contributed by atoms with Crippen LogP contribution in [0, 0.1) is 5.92 Å². The Kier molecular flexibility index (Phi) is 5.76. The predicted octanol–water partition coefficient (Wildman–Crippen LogP) is 1.70. The third-order valence-electron chi connectivity index (χ3n) is 4.45. The van der Waals surface area contributed by atoms with E-state index in [9.17, 15) is 4.79 Å². The number of rotatable bonds is 5. The molecule has 21 heavy (non-hydrogen) atoms. The molecule has 2 atom stereocenters. The molecule has 0 aliphatic carbocycles. The summed E-state index contributed by atoms with van der Waals surface area (Å²) >= 11 is 0. The van der Waals surface area contributed by atoms with Crippen LogP contribution in [0.15, 0.2) is 30.3 Å². The van der Waals surface area contributed by atoms with Crippen molar-refractivity contribution < 1.29 is 4.79 Å². The number of nitrogens with zero attached hydrogens (tertiary/aromatic N) is 2. The lowest BCUT2D eigenvalue weighted by Crippen LogP contribution is -2.49. The Morgan fingerprint density at radius 3 is 2.76 bits per heavy atom. The fraction of sp³-hybridized carbons (Fsp3) is 0.588. The highest BCUT2D eigenvalue weighted by Gasteiger charge is 2.26. The minimum Gasteiger partial charge on any atom is -0.340 e. The first-order valence-electron chi connectivity index (χ1n) is 7.86. The van der Waals surface area contributed by atoms with Crippen LogP contribution in [0.4, 0.5) is 0 Å². The molecule has 1 aliphatic rings. The molecule has 0 radical (unpaired) electrons. The monoisotopic (exact) mass is 289 g/mol. The van der Waals surface area contributed by atoms with Crippen molar-refractivity contribution in [2.45, 2.75) is 32.4 Å². The van der Waals surface area contributed by atoms with Gasteiger partial charge in [-0.1, -0.05) is 43.7 Å². The van der Waals surface area contributed by atoms with Gasteiger partial charge in [0.25, 0.3) is 0 Å². The first-order chi connectivity index (χ1) is 10.1. The van der Waals surface area contributed by atoms with Crippen LogP contribution in [0.1, 0.15) is 25.3 Å². The summed E-state index contributed by atoms with van der Waals surface area (Å²) in [5.41, 5.74) is 7.29. The van der Waals surface area contributed by atoms with Crippen molar-refractivity contribution in [1.82, 2.24) is 9.80 Å². The molecule has 1 heterocycles. The van der Waals surface area contributed by atoms with Gasteiger partial charge in [-0.15, -0.1) is 0 Å². The zero-order valence-corrected chi connectivity index (χ0v) is 13.2. The summed E-state index contributed by atoms with van der Waals surface area (Å²) < 4.78 is 0. The predicted molar refractivity (Wildman–Crippen MR) is 85.7 cm³/mol. The SMILES string of the molecule is CCC1CN(CC(=O)N(C)Cc2ccccc2)CCC1N. The summed E-state index contributed by atoms with van der Waals surface area (Å²) in [6.07, 6.45) is 2.08. The first kappa shape index (κ1) is 16.0. The average Bonchev–Trinajstić information content (AvgIpc) is 2.50. The molecule has 4 nitrogen and oxygen atoms in total. The number of carbonyl (C=O) groups is 1. The Morgan fingerprint density at radius 1 is 1.38 bits per heavy atom. The summed E-state index contributed by atoms with van der Waals surface area (Å²) in [4.78, 5) is 16.4. The maximum atomic E-state index is 12.3. The quantitative estimate of drug-likeness (QED) is 0.897. The molecule has 1 saturated heterocycles. The van der Waals surface area contributed by atoms with Gasteiger partial charge >= 0.3 is 0 Å². The van der Waals surface area contributed by atoms with E-state index in [0.29, 0.717) is 25.0 Å². The van der Waals surface area contributed by atoms with Crippen molar-refractivity contribution in [2.75, 3.05) is 26.7 Å². The Labute approximate surface area is 127 Å².